The summed E-state index contributed by atoms with van der Waals surface area (Å²) in [6.07, 6.45) is 3.53. The lowest BCUT2D eigenvalue weighted by Gasteiger charge is -2.18. The highest BCUT2D eigenvalue weighted by Gasteiger charge is 2.10. The van der Waals surface area contributed by atoms with Gasteiger partial charge in [-0.25, -0.2) is 0 Å². The lowest BCUT2D eigenvalue weighted by atomic mass is 9.93. The minimum Gasteiger partial charge on any atom is -0.494 e. The molecule has 1 aromatic heterocycles. The molecule has 0 saturated heterocycles. The van der Waals surface area contributed by atoms with E-state index in [0.717, 1.165) is 29.8 Å². The van der Waals surface area contributed by atoms with Crippen molar-refractivity contribution >= 4 is 0 Å². The van der Waals surface area contributed by atoms with Crippen molar-refractivity contribution in [1.82, 2.24) is 9.78 Å². The molecular weight excluding hydrogens is 276 g/mol. The largest absolute Gasteiger partial charge is 0.494 e. The number of ether oxygens (including phenoxy) is 1. The molecule has 0 aliphatic carbocycles. The fraction of sp³-hybridized carbons (Fsp3) is 0.444. The third-order valence-corrected chi connectivity index (χ3v) is 3.47. The Labute approximate surface area is 131 Å². The zero-order valence-electron chi connectivity index (χ0n) is 13.8. The Balaban J connectivity index is 2.07. The maximum atomic E-state index is 12.0. The maximum absolute atomic E-state index is 12.0. The number of rotatable bonds is 5. The van der Waals surface area contributed by atoms with Crippen molar-refractivity contribution in [3.05, 3.63) is 52.4 Å². The van der Waals surface area contributed by atoms with E-state index >= 15 is 0 Å². The molecule has 0 aliphatic heterocycles. The van der Waals surface area contributed by atoms with Gasteiger partial charge in [-0.2, -0.15) is 9.78 Å². The molecule has 0 fully saturated rings. The van der Waals surface area contributed by atoms with Crippen molar-refractivity contribution in [1.29, 1.82) is 0 Å². The molecule has 0 unspecified atom stereocenters. The van der Waals surface area contributed by atoms with Gasteiger partial charge in [0.25, 0.3) is 5.56 Å². The Bertz CT molecular complexity index is 667. The van der Waals surface area contributed by atoms with Crippen molar-refractivity contribution in [2.24, 2.45) is 5.41 Å². The fourth-order valence-electron chi connectivity index (χ4n) is 1.99. The highest BCUT2D eigenvalue weighted by Crippen LogP contribution is 2.20. The second kappa shape index (κ2) is 6.77. The summed E-state index contributed by atoms with van der Waals surface area (Å²) in [5, 5.41) is 4.21. The molecule has 0 radical (unpaired) electrons. The van der Waals surface area contributed by atoms with Crippen LogP contribution < -0.4 is 10.3 Å². The van der Waals surface area contributed by atoms with Gasteiger partial charge in [-0.15, -0.1) is 0 Å². The van der Waals surface area contributed by atoms with Gasteiger partial charge in [-0.3, -0.25) is 4.79 Å². The Morgan fingerprint density at radius 1 is 1.18 bits per heavy atom. The molecule has 118 valence electrons. The standard InChI is InChI=1S/C18H24N2O2/c1-5-14-12-17(21)20(19-13-14)15-6-8-16(9-7-15)22-11-10-18(2,3)4/h6-9,12-13H,5,10-11H2,1-4H3. The third kappa shape index (κ3) is 4.45. The summed E-state index contributed by atoms with van der Waals surface area (Å²) < 4.78 is 7.13. The Morgan fingerprint density at radius 3 is 2.41 bits per heavy atom. The second-order valence-electron chi connectivity index (χ2n) is 6.62. The van der Waals surface area contributed by atoms with Crippen LogP contribution in [-0.2, 0) is 6.42 Å². The van der Waals surface area contributed by atoms with Crippen LogP contribution in [-0.4, -0.2) is 16.4 Å². The molecule has 4 nitrogen and oxygen atoms in total. The fourth-order valence-corrected chi connectivity index (χ4v) is 1.99. The van der Waals surface area contributed by atoms with Gasteiger partial charge in [0, 0.05) is 6.07 Å². The number of aryl methyl sites for hydroxylation is 1. The van der Waals surface area contributed by atoms with Gasteiger partial charge >= 0.3 is 0 Å². The van der Waals surface area contributed by atoms with E-state index in [1.54, 1.807) is 12.3 Å². The molecule has 0 atom stereocenters. The zero-order chi connectivity index (χ0) is 16.2. The molecule has 4 heteroatoms. The average Bonchev–Trinajstić information content (AvgIpc) is 2.47. The molecule has 22 heavy (non-hydrogen) atoms. The van der Waals surface area contributed by atoms with Crippen LogP contribution >= 0.6 is 0 Å². The first kappa shape index (κ1) is 16.3. The first-order valence-corrected chi connectivity index (χ1v) is 7.70. The van der Waals surface area contributed by atoms with E-state index in [9.17, 15) is 4.79 Å². The second-order valence-corrected chi connectivity index (χ2v) is 6.62. The summed E-state index contributed by atoms with van der Waals surface area (Å²) in [6.45, 7) is 9.27. The van der Waals surface area contributed by atoms with Gasteiger partial charge in [0.1, 0.15) is 5.75 Å². The predicted molar refractivity (Wildman–Crippen MR) is 88.8 cm³/mol. The van der Waals surface area contributed by atoms with Gasteiger partial charge in [-0.05, 0) is 48.1 Å². The third-order valence-electron chi connectivity index (χ3n) is 3.47. The normalized spacial score (nSPS) is 11.5. The van der Waals surface area contributed by atoms with Gasteiger partial charge in [0.15, 0.2) is 0 Å². The van der Waals surface area contributed by atoms with Crippen LogP contribution in [0.5, 0.6) is 5.75 Å². The van der Waals surface area contributed by atoms with E-state index in [2.05, 4.69) is 25.9 Å². The number of aromatic nitrogens is 2. The summed E-state index contributed by atoms with van der Waals surface area (Å²) in [4.78, 5) is 12.0. The summed E-state index contributed by atoms with van der Waals surface area (Å²) in [5.74, 6) is 0.811. The van der Waals surface area contributed by atoms with E-state index in [1.165, 1.54) is 4.68 Å². The van der Waals surface area contributed by atoms with Gasteiger partial charge in [0.05, 0.1) is 18.5 Å². The molecule has 0 spiro atoms. The lowest BCUT2D eigenvalue weighted by molar-refractivity contribution is 0.243. The smallest absolute Gasteiger partial charge is 0.271 e. The summed E-state index contributed by atoms with van der Waals surface area (Å²) >= 11 is 0. The Kier molecular flexibility index (Phi) is 5.01. The molecule has 1 heterocycles. The van der Waals surface area contributed by atoms with E-state index in [4.69, 9.17) is 4.74 Å². The molecule has 0 saturated carbocycles. The van der Waals surface area contributed by atoms with E-state index in [-0.39, 0.29) is 11.0 Å². The monoisotopic (exact) mass is 300 g/mol. The summed E-state index contributed by atoms with van der Waals surface area (Å²) in [6, 6.07) is 9.08. The Morgan fingerprint density at radius 2 is 1.86 bits per heavy atom. The first-order chi connectivity index (χ1) is 10.4. The van der Waals surface area contributed by atoms with Gasteiger partial charge in [-0.1, -0.05) is 27.7 Å². The SMILES string of the molecule is CCc1cnn(-c2ccc(OCCC(C)(C)C)cc2)c(=O)c1. The van der Waals surface area contributed by atoms with Crippen LogP contribution in [0.1, 0.15) is 39.7 Å². The number of nitrogens with zero attached hydrogens (tertiary/aromatic N) is 2. The molecule has 1 aromatic carbocycles. The number of benzene rings is 1. The molecular formula is C18H24N2O2. The summed E-state index contributed by atoms with van der Waals surface area (Å²) in [5.41, 5.74) is 1.85. The lowest BCUT2D eigenvalue weighted by Crippen LogP contribution is -2.20. The molecule has 0 amide bonds. The minimum atomic E-state index is -0.110. The first-order valence-electron chi connectivity index (χ1n) is 7.70. The van der Waals surface area contributed by atoms with E-state index in [0.29, 0.717) is 6.61 Å². The number of hydrogen-bond donors (Lipinski definition) is 0. The molecule has 2 aromatic rings. The quantitative estimate of drug-likeness (QED) is 0.847. The van der Waals surface area contributed by atoms with Crippen LogP contribution in [0.2, 0.25) is 0 Å². The average molecular weight is 300 g/mol. The van der Waals surface area contributed by atoms with Crippen LogP contribution in [0.4, 0.5) is 0 Å². The van der Waals surface area contributed by atoms with Gasteiger partial charge < -0.3 is 4.74 Å². The number of hydrogen-bond acceptors (Lipinski definition) is 3. The van der Waals surface area contributed by atoms with Crippen LogP contribution in [0, 0.1) is 5.41 Å². The summed E-state index contributed by atoms with van der Waals surface area (Å²) in [7, 11) is 0. The molecule has 2 rings (SSSR count). The van der Waals surface area contributed by atoms with Crippen molar-refractivity contribution < 1.29 is 4.74 Å². The highest BCUT2D eigenvalue weighted by molar-refractivity contribution is 5.36. The maximum Gasteiger partial charge on any atom is 0.271 e. The topological polar surface area (TPSA) is 44.1 Å². The minimum absolute atomic E-state index is 0.110. The van der Waals surface area contributed by atoms with Gasteiger partial charge in [0.2, 0.25) is 0 Å². The van der Waals surface area contributed by atoms with E-state index < -0.39 is 0 Å². The zero-order valence-corrected chi connectivity index (χ0v) is 13.8. The van der Waals surface area contributed by atoms with E-state index in [1.807, 2.05) is 31.2 Å². The molecule has 0 aliphatic rings. The van der Waals surface area contributed by atoms with Crippen molar-refractivity contribution in [2.45, 2.75) is 40.5 Å². The Hall–Kier alpha value is -2.10. The van der Waals surface area contributed by atoms with Crippen molar-refractivity contribution in [3.63, 3.8) is 0 Å². The predicted octanol–water partition coefficient (Wildman–Crippen LogP) is 3.61. The van der Waals surface area contributed by atoms with Crippen LogP contribution in [0.25, 0.3) is 5.69 Å². The molecule has 0 N–H and O–H groups in total. The van der Waals surface area contributed by atoms with Crippen LogP contribution in [0.15, 0.2) is 41.3 Å². The van der Waals surface area contributed by atoms with Crippen molar-refractivity contribution in [3.8, 4) is 11.4 Å². The highest BCUT2D eigenvalue weighted by atomic mass is 16.5. The van der Waals surface area contributed by atoms with Crippen molar-refractivity contribution in [2.75, 3.05) is 6.61 Å². The van der Waals surface area contributed by atoms with Crippen LogP contribution in [0.3, 0.4) is 0 Å². The molecule has 0 bridgehead atoms.